The Morgan fingerprint density at radius 1 is 0.784 bits per heavy atom. The summed E-state index contributed by atoms with van der Waals surface area (Å²) >= 11 is 6.39. The first-order valence-electron chi connectivity index (χ1n) is 12.9. The third kappa shape index (κ3) is 9.73. The summed E-state index contributed by atoms with van der Waals surface area (Å²) in [5, 5.41) is 6.23. The molecule has 2 aromatic rings. The highest BCUT2D eigenvalue weighted by Gasteiger charge is 2.20. The molecule has 14 heteroatoms. The predicted molar refractivity (Wildman–Crippen MR) is 147 cm³/mol. The number of rotatable bonds is 9. The van der Waals surface area contributed by atoms with Crippen LogP contribution in [0.4, 0.5) is 11.6 Å². The number of aromatic nitrogens is 4. The molecule has 0 aromatic carbocycles. The second kappa shape index (κ2) is 16.1. The fourth-order valence-corrected chi connectivity index (χ4v) is 4.33. The molecule has 0 amide bonds. The molecular weight excluding hydrogens is 520 g/mol. The Hall–Kier alpha value is -1.90. The molecule has 4 rings (SSSR count). The topological polar surface area (TPSA) is 135 Å². The number of fused-ring (bicyclic) bond motifs is 1. The van der Waals surface area contributed by atoms with Crippen LogP contribution in [-0.2, 0) is 19.3 Å². The minimum Gasteiger partial charge on any atom is -0.379 e. The van der Waals surface area contributed by atoms with E-state index >= 15 is 0 Å². The highest BCUT2D eigenvalue weighted by molar-refractivity contribution is 7.90. The van der Waals surface area contributed by atoms with E-state index < -0.39 is 9.84 Å². The molecule has 0 saturated carbocycles. The number of nitrogens with one attached hydrogen (secondary N) is 2. The molecule has 37 heavy (non-hydrogen) atoms. The van der Waals surface area contributed by atoms with Crippen LogP contribution in [0.25, 0.3) is 11.2 Å². The minimum absolute atomic E-state index is 0.164. The Morgan fingerprint density at radius 3 is 1.76 bits per heavy atom. The second-order valence-electron chi connectivity index (χ2n) is 7.92. The van der Waals surface area contributed by atoms with Crippen LogP contribution in [0.1, 0.15) is 27.7 Å². The Balaban J connectivity index is 0.00000115. The molecule has 2 N–H and O–H groups in total. The highest BCUT2D eigenvalue weighted by Crippen LogP contribution is 2.25. The lowest BCUT2D eigenvalue weighted by atomic mass is 10.4. The van der Waals surface area contributed by atoms with E-state index in [1.54, 1.807) is 0 Å². The second-order valence-corrected chi connectivity index (χ2v) is 10.2. The average molecular weight is 561 g/mol. The van der Waals surface area contributed by atoms with Crippen LogP contribution in [0, 0.1) is 0 Å². The van der Waals surface area contributed by atoms with Gasteiger partial charge in [0, 0.05) is 58.6 Å². The van der Waals surface area contributed by atoms with Gasteiger partial charge < -0.3 is 20.1 Å². The van der Waals surface area contributed by atoms with Crippen molar-refractivity contribution in [1.82, 2.24) is 29.7 Å². The van der Waals surface area contributed by atoms with E-state index in [1.165, 1.54) is 0 Å². The van der Waals surface area contributed by atoms with Gasteiger partial charge in [-0.1, -0.05) is 39.3 Å². The summed E-state index contributed by atoms with van der Waals surface area (Å²) in [6.45, 7) is 17.0. The quantitative estimate of drug-likeness (QED) is 0.434. The smallest absolute Gasteiger partial charge is 0.250 e. The van der Waals surface area contributed by atoms with Crippen LogP contribution in [0.3, 0.4) is 0 Å². The van der Waals surface area contributed by atoms with Gasteiger partial charge in [0.25, 0.3) is 5.16 Å². The van der Waals surface area contributed by atoms with E-state index in [1.807, 2.05) is 27.7 Å². The first kappa shape index (κ1) is 31.3. The summed E-state index contributed by atoms with van der Waals surface area (Å²) < 4.78 is 35.1. The highest BCUT2D eigenvalue weighted by atomic mass is 35.5. The third-order valence-corrected chi connectivity index (χ3v) is 6.56. The van der Waals surface area contributed by atoms with Gasteiger partial charge in [0.05, 0.1) is 26.4 Å². The van der Waals surface area contributed by atoms with Crippen molar-refractivity contribution in [3.05, 3.63) is 5.15 Å². The molecule has 2 aliphatic heterocycles. The molecule has 2 aromatic heterocycles. The minimum atomic E-state index is -3.65. The molecule has 0 aliphatic carbocycles. The van der Waals surface area contributed by atoms with E-state index in [0.29, 0.717) is 43.5 Å². The lowest BCUT2D eigenvalue weighted by Gasteiger charge is -2.26. The maximum atomic E-state index is 12.2. The fraction of sp³-hybridized carbons (Fsp3) is 0.739. The normalized spacial score (nSPS) is 16.8. The number of ether oxygens (including phenoxy) is 2. The molecular formula is C23H41ClN8O4S. The summed E-state index contributed by atoms with van der Waals surface area (Å²) in [6.07, 6.45) is 1.07. The summed E-state index contributed by atoms with van der Waals surface area (Å²) in [5.74, 6) is 0.651. The van der Waals surface area contributed by atoms with Crippen molar-refractivity contribution in [1.29, 1.82) is 0 Å². The van der Waals surface area contributed by atoms with Crippen LogP contribution < -0.4 is 10.6 Å². The maximum Gasteiger partial charge on any atom is 0.250 e. The van der Waals surface area contributed by atoms with Crippen molar-refractivity contribution < 1.29 is 17.9 Å². The van der Waals surface area contributed by atoms with Crippen LogP contribution in [-0.4, -0.2) is 123 Å². The number of nitrogens with zero attached hydrogens (tertiary/aromatic N) is 6. The first-order valence-corrected chi connectivity index (χ1v) is 15.2. The molecule has 2 fully saturated rings. The van der Waals surface area contributed by atoms with Gasteiger partial charge in [-0.2, -0.15) is 9.97 Å². The van der Waals surface area contributed by atoms with Gasteiger partial charge in [-0.3, -0.25) is 9.80 Å². The van der Waals surface area contributed by atoms with E-state index in [4.69, 9.17) is 21.1 Å². The summed E-state index contributed by atoms with van der Waals surface area (Å²) in [6, 6.07) is 0. The van der Waals surface area contributed by atoms with Crippen molar-refractivity contribution in [2.45, 2.75) is 32.9 Å². The predicted octanol–water partition coefficient (Wildman–Crippen LogP) is 2.02. The first-order chi connectivity index (χ1) is 17.9. The van der Waals surface area contributed by atoms with E-state index in [9.17, 15) is 8.42 Å². The van der Waals surface area contributed by atoms with Crippen molar-refractivity contribution in [2.75, 3.05) is 95.7 Å². The maximum absolute atomic E-state index is 12.2. The van der Waals surface area contributed by atoms with E-state index in [2.05, 4.69) is 40.4 Å². The molecule has 2 saturated heterocycles. The number of hydrogen-bond donors (Lipinski definition) is 2. The van der Waals surface area contributed by atoms with Crippen molar-refractivity contribution in [3.8, 4) is 0 Å². The van der Waals surface area contributed by atoms with Crippen LogP contribution in [0.15, 0.2) is 5.16 Å². The number of halogens is 1. The molecule has 0 unspecified atom stereocenters. The zero-order valence-electron chi connectivity index (χ0n) is 22.6. The Kier molecular flexibility index (Phi) is 13.7. The van der Waals surface area contributed by atoms with Crippen LogP contribution in [0.2, 0.25) is 5.15 Å². The molecule has 0 atom stereocenters. The number of morpholine rings is 2. The molecule has 0 bridgehead atoms. The molecule has 2 aliphatic rings. The molecule has 0 spiro atoms. The van der Waals surface area contributed by atoms with Gasteiger partial charge in [-0.25, -0.2) is 18.4 Å². The zero-order valence-corrected chi connectivity index (χ0v) is 24.2. The van der Waals surface area contributed by atoms with Gasteiger partial charge in [-0.05, 0) is 0 Å². The van der Waals surface area contributed by atoms with E-state index in [0.717, 1.165) is 58.7 Å². The number of anilines is 2. The van der Waals surface area contributed by atoms with Crippen molar-refractivity contribution in [3.63, 3.8) is 0 Å². The average Bonchev–Trinajstić information content (AvgIpc) is 2.92. The molecule has 4 heterocycles. The van der Waals surface area contributed by atoms with E-state index in [-0.39, 0.29) is 16.0 Å². The summed E-state index contributed by atoms with van der Waals surface area (Å²) in [4.78, 5) is 21.7. The fourth-order valence-electron chi connectivity index (χ4n) is 3.62. The standard InChI is InChI=1S/C19H29ClN8O4S.2C2H6/c1-33(29,30)19-25-16(21-2-4-27-6-10-31-11-7-27)14-17(26-19)24-18(15(20)23-14)22-3-5-28-8-12-32-13-9-28;2*1-2/h2-13H2,1H3,(H2,21,22,24,25,26);2*1-2H3. The van der Waals surface area contributed by atoms with Gasteiger partial charge >= 0.3 is 0 Å². The Morgan fingerprint density at radius 2 is 1.27 bits per heavy atom. The van der Waals surface area contributed by atoms with Crippen LogP contribution >= 0.6 is 11.6 Å². The van der Waals surface area contributed by atoms with Gasteiger partial charge in [0.1, 0.15) is 0 Å². The largest absolute Gasteiger partial charge is 0.379 e. The van der Waals surface area contributed by atoms with Gasteiger partial charge in [0.15, 0.2) is 28.0 Å². The lowest BCUT2D eigenvalue weighted by Crippen LogP contribution is -2.39. The van der Waals surface area contributed by atoms with Crippen molar-refractivity contribution >= 4 is 44.2 Å². The number of sulfone groups is 1. The summed E-state index contributed by atoms with van der Waals surface area (Å²) in [7, 11) is -3.65. The van der Waals surface area contributed by atoms with Gasteiger partial charge in [-0.15, -0.1) is 0 Å². The van der Waals surface area contributed by atoms with Gasteiger partial charge in [0.2, 0.25) is 9.84 Å². The summed E-state index contributed by atoms with van der Waals surface area (Å²) in [5.41, 5.74) is 0.491. The molecule has 12 nitrogen and oxygen atoms in total. The Labute approximate surface area is 225 Å². The number of hydrogen-bond acceptors (Lipinski definition) is 12. The SMILES string of the molecule is CC.CC.CS(=O)(=O)c1nc(NCCN2CCOCC2)c2nc(Cl)c(NCCN3CCOCC3)nc2n1. The zero-order chi connectivity index (χ0) is 27.3. The Bertz CT molecular complexity index is 1060. The monoisotopic (exact) mass is 560 g/mol. The third-order valence-electron chi connectivity index (χ3n) is 5.45. The molecule has 210 valence electrons. The molecule has 0 radical (unpaired) electrons. The van der Waals surface area contributed by atoms with Crippen molar-refractivity contribution in [2.24, 2.45) is 0 Å². The van der Waals surface area contributed by atoms with Crippen LogP contribution in [0.5, 0.6) is 0 Å². The lowest BCUT2D eigenvalue weighted by molar-refractivity contribution is 0.0398.